The van der Waals surface area contributed by atoms with Gasteiger partial charge in [-0.1, -0.05) is 37.3 Å². The SMILES string of the molecule is CCOc1cc2ncc(C(N)=O)c(Nc3cccc(CNc4ccccc4CO)c3CC)c2cc1OCC.O=C(O)C(F)(F)F.O=C(O)C(F)(F)F. The van der Waals surface area contributed by atoms with Crippen LogP contribution in [0.2, 0.25) is 0 Å². The number of ether oxygens (including phenoxy) is 2. The van der Waals surface area contributed by atoms with Crippen LogP contribution >= 0.6 is 0 Å². The van der Waals surface area contributed by atoms with Crippen LogP contribution in [-0.2, 0) is 29.2 Å². The van der Waals surface area contributed by atoms with Crippen LogP contribution in [0.1, 0.15) is 47.8 Å². The number of nitrogens with zero attached hydrogens (tertiary/aromatic N) is 1. The highest BCUT2D eigenvalue weighted by atomic mass is 19.4. The van der Waals surface area contributed by atoms with Crippen LogP contribution in [0.3, 0.4) is 0 Å². The average Bonchev–Trinajstić information content (AvgIpc) is 3.07. The number of aliphatic carboxylic acids is 2. The normalized spacial score (nSPS) is 11.0. The average molecular weight is 743 g/mol. The van der Waals surface area contributed by atoms with Gasteiger partial charge in [-0.05, 0) is 49.6 Å². The molecule has 4 rings (SSSR count). The molecule has 52 heavy (non-hydrogen) atoms. The van der Waals surface area contributed by atoms with Gasteiger partial charge in [0, 0.05) is 41.1 Å². The van der Waals surface area contributed by atoms with E-state index >= 15 is 0 Å². The summed E-state index contributed by atoms with van der Waals surface area (Å²) in [5, 5.41) is 31.6. The summed E-state index contributed by atoms with van der Waals surface area (Å²) in [6.07, 6.45) is -7.92. The molecule has 0 aliphatic rings. The van der Waals surface area contributed by atoms with E-state index in [2.05, 4.69) is 28.6 Å². The number of primary amides is 1. The number of anilines is 3. The predicted molar refractivity (Wildman–Crippen MR) is 179 cm³/mol. The minimum Gasteiger partial charge on any atom is -0.490 e. The third-order valence-corrected chi connectivity index (χ3v) is 6.83. The topological polar surface area (TPSA) is 193 Å². The molecule has 3 aromatic carbocycles. The van der Waals surface area contributed by atoms with Crippen molar-refractivity contribution in [3.05, 3.63) is 83.0 Å². The standard InChI is InChI=1S/C30H34N4O4.2C2HF3O2/c1-4-21-19(16-32-24-12-8-7-10-20(24)18-35)11-9-13-25(21)34-29-22-14-27(37-5-2)28(38-6-3)15-26(22)33-17-23(29)30(31)36;2*3-2(4,5)1(6)7/h7-15,17,32,35H,4-6,16,18H2,1-3H3,(H2,31,36)(H,33,34);2*(H,6,7). The molecule has 0 saturated heterocycles. The van der Waals surface area contributed by atoms with Gasteiger partial charge < -0.3 is 41.2 Å². The van der Waals surface area contributed by atoms with Crippen molar-refractivity contribution >= 4 is 45.8 Å². The highest BCUT2D eigenvalue weighted by Gasteiger charge is 2.38. The Bertz CT molecular complexity index is 1830. The summed E-state index contributed by atoms with van der Waals surface area (Å²) in [6, 6.07) is 17.4. The van der Waals surface area contributed by atoms with Gasteiger partial charge in [-0.3, -0.25) is 9.78 Å². The second-order valence-electron chi connectivity index (χ2n) is 10.3. The van der Waals surface area contributed by atoms with Gasteiger partial charge in [0.2, 0.25) is 0 Å². The van der Waals surface area contributed by atoms with Crippen molar-refractivity contribution in [3.8, 4) is 11.5 Å². The Labute approximate surface area is 293 Å². The number of fused-ring (bicyclic) bond motifs is 1. The van der Waals surface area contributed by atoms with E-state index in [1.807, 2.05) is 62.4 Å². The van der Waals surface area contributed by atoms with Crippen LogP contribution in [0.5, 0.6) is 11.5 Å². The molecule has 1 amide bonds. The number of aliphatic hydroxyl groups excluding tert-OH is 1. The second kappa shape index (κ2) is 19.0. The van der Waals surface area contributed by atoms with Gasteiger partial charge in [-0.2, -0.15) is 26.3 Å². The van der Waals surface area contributed by atoms with Gasteiger partial charge in [0.05, 0.1) is 36.6 Å². The zero-order valence-corrected chi connectivity index (χ0v) is 28.0. The highest BCUT2D eigenvalue weighted by Crippen LogP contribution is 2.38. The minimum absolute atomic E-state index is 0.0365. The number of hydrogen-bond acceptors (Lipinski definition) is 9. The van der Waals surface area contributed by atoms with Crippen molar-refractivity contribution in [2.24, 2.45) is 5.73 Å². The van der Waals surface area contributed by atoms with Crippen LogP contribution < -0.4 is 25.8 Å². The number of halogens is 6. The van der Waals surface area contributed by atoms with Gasteiger partial charge in [0.15, 0.2) is 11.5 Å². The molecule has 282 valence electrons. The number of alkyl halides is 6. The Morgan fingerprint density at radius 3 is 1.83 bits per heavy atom. The molecule has 0 unspecified atom stereocenters. The number of benzene rings is 3. The number of carboxylic acid groups (broad SMARTS) is 2. The summed E-state index contributed by atoms with van der Waals surface area (Å²) < 4.78 is 75.1. The molecule has 1 heterocycles. The van der Waals surface area contributed by atoms with Crippen molar-refractivity contribution in [2.45, 2.75) is 52.7 Å². The number of amides is 1. The number of nitrogens with one attached hydrogen (secondary N) is 2. The van der Waals surface area contributed by atoms with Gasteiger partial charge in [-0.15, -0.1) is 0 Å². The smallest absolute Gasteiger partial charge is 0.490 e. The van der Waals surface area contributed by atoms with Crippen molar-refractivity contribution in [1.29, 1.82) is 0 Å². The molecule has 0 fully saturated rings. The van der Waals surface area contributed by atoms with Gasteiger partial charge in [-0.25, -0.2) is 9.59 Å². The lowest BCUT2D eigenvalue weighted by Crippen LogP contribution is -2.21. The Morgan fingerprint density at radius 1 is 0.808 bits per heavy atom. The van der Waals surface area contributed by atoms with E-state index in [-0.39, 0.29) is 12.2 Å². The summed E-state index contributed by atoms with van der Waals surface area (Å²) in [4.78, 5) is 34.7. The van der Waals surface area contributed by atoms with Crippen LogP contribution in [0.4, 0.5) is 43.4 Å². The van der Waals surface area contributed by atoms with Gasteiger partial charge in [0.25, 0.3) is 5.91 Å². The molecule has 1 aromatic heterocycles. The maximum Gasteiger partial charge on any atom is 0.490 e. The largest absolute Gasteiger partial charge is 0.490 e. The lowest BCUT2D eigenvalue weighted by Gasteiger charge is -2.20. The number of nitrogens with two attached hydrogens (primary N) is 1. The van der Waals surface area contributed by atoms with E-state index in [9.17, 15) is 36.2 Å². The van der Waals surface area contributed by atoms with Crippen molar-refractivity contribution in [2.75, 3.05) is 23.8 Å². The number of para-hydroxylation sites is 1. The number of aromatic nitrogens is 1. The number of carboxylic acids is 2. The fraction of sp³-hybridized carbons (Fsp3) is 0.294. The molecule has 0 aliphatic heterocycles. The van der Waals surface area contributed by atoms with Crippen LogP contribution in [0.25, 0.3) is 10.9 Å². The number of carbonyl (C=O) groups is 3. The van der Waals surface area contributed by atoms with Crippen LogP contribution in [-0.4, -0.2) is 63.7 Å². The zero-order valence-electron chi connectivity index (χ0n) is 28.0. The number of pyridine rings is 1. The summed E-state index contributed by atoms with van der Waals surface area (Å²) in [6.45, 7) is 7.39. The second-order valence-corrected chi connectivity index (χ2v) is 10.3. The van der Waals surface area contributed by atoms with E-state index in [4.69, 9.17) is 35.0 Å². The molecule has 0 saturated carbocycles. The van der Waals surface area contributed by atoms with E-state index in [1.165, 1.54) is 6.20 Å². The number of hydrogen-bond donors (Lipinski definition) is 6. The summed E-state index contributed by atoms with van der Waals surface area (Å²) in [5.41, 5.74) is 12.1. The Balaban J connectivity index is 0.000000564. The lowest BCUT2D eigenvalue weighted by atomic mass is 10.0. The van der Waals surface area contributed by atoms with E-state index in [1.54, 1.807) is 0 Å². The summed E-state index contributed by atoms with van der Waals surface area (Å²) in [7, 11) is 0. The van der Waals surface area contributed by atoms with E-state index in [0.717, 1.165) is 34.5 Å². The Hall–Kier alpha value is -5.78. The van der Waals surface area contributed by atoms with Crippen molar-refractivity contribution in [1.82, 2.24) is 4.98 Å². The molecule has 4 aromatic rings. The molecule has 12 nitrogen and oxygen atoms in total. The third kappa shape index (κ3) is 11.9. The lowest BCUT2D eigenvalue weighted by molar-refractivity contribution is -0.193. The molecular weight excluding hydrogens is 706 g/mol. The third-order valence-electron chi connectivity index (χ3n) is 6.83. The molecule has 7 N–H and O–H groups in total. The molecular formula is C34H36F6N4O8. The highest BCUT2D eigenvalue weighted by molar-refractivity contribution is 6.08. The van der Waals surface area contributed by atoms with Gasteiger partial charge in [0.1, 0.15) is 0 Å². The first-order valence-corrected chi connectivity index (χ1v) is 15.3. The predicted octanol–water partition coefficient (Wildman–Crippen LogP) is 6.81. The fourth-order valence-electron chi connectivity index (χ4n) is 4.55. The van der Waals surface area contributed by atoms with Crippen LogP contribution in [0, 0.1) is 0 Å². The van der Waals surface area contributed by atoms with E-state index < -0.39 is 30.2 Å². The number of rotatable bonds is 12. The maximum absolute atomic E-state index is 12.4. The molecule has 0 aliphatic carbocycles. The first kappa shape index (κ1) is 42.4. The molecule has 18 heteroatoms. The molecule has 0 spiro atoms. The molecule has 0 radical (unpaired) electrons. The molecule has 0 atom stereocenters. The monoisotopic (exact) mass is 742 g/mol. The first-order chi connectivity index (χ1) is 24.4. The van der Waals surface area contributed by atoms with Gasteiger partial charge >= 0.3 is 24.3 Å². The summed E-state index contributed by atoms with van der Waals surface area (Å²) in [5.74, 6) is -4.92. The Morgan fingerprint density at radius 2 is 1.33 bits per heavy atom. The molecule has 0 bridgehead atoms. The van der Waals surface area contributed by atoms with Crippen LogP contribution in [0.15, 0.2) is 60.8 Å². The minimum atomic E-state index is -5.08. The Kier molecular flexibility index (Phi) is 15.5. The quantitative estimate of drug-likeness (QED) is 0.0836. The number of carbonyl (C=O) groups excluding carboxylic acids is 1. The first-order valence-electron chi connectivity index (χ1n) is 15.3. The van der Waals surface area contributed by atoms with Crippen molar-refractivity contribution in [3.63, 3.8) is 0 Å². The van der Waals surface area contributed by atoms with E-state index in [0.29, 0.717) is 47.8 Å². The summed E-state index contributed by atoms with van der Waals surface area (Å²) >= 11 is 0. The maximum atomic E-state index is 12.4. The fourth-order valence-corrected chi connectivity index (χ4v) is 4.55. The van der Waals surface area contributed by atoms with Crippen molar-refractivity contribution < 1.29 is 65.5 Å². The zero-order chi connectivity index (χ0) is 39.2. The number of aliphatic hydroxyl groups is 1.